The van der Waals surface area contributed by atoms with E-state index in [9.17, 15) is 4.79 Å². The van der Waals surface area contributed by atoms with Crippen LogP contribution in [0.25, 0.3) is 6.08 Å². The molecule has 136 valence electrons. The van der Waals surface area contributed by atoms with Crippen LogP contribution < -0.4 is 19.5 Å². The van der Waals surface area contributed by atoms with Gasteiger partial charge in [0, 0.05) is 29.3 Å². The minimum Gasteiger partial charge on any atom is -0.497 e. The number of hydrogen-bond donors (Lipinski definition) is 1. The van der Waals surface area contributed by atoms with Gasteiger partial charge in [-0.2, -0.15) is 0 Å². The molecule has 1 amide bonds. The average molecular weight is 353 g/mol. The van der Waals surface area contributed by atoms with Crippen LogP contribution >= 0.6 is 0 Å². The zero-order valence-electron chi connectivity index (χ0n) is 15.2. The number of methoxy groups -OCH3 is 1. The molecule has 0 spiro atoms. The Bertz CT molecular complexity index is 812. The molecule has 0 saturated carbocycles. The molecular formula is C21H23NO4. The van der Waals surface area contributed by atoms with Gasteiger partial charge in [-0.1, -0.05) is 0 Å². The first-order valence-corrected chi connectivity index (χ1v) is 8.68. The summed E-state index contributed by atoms with van der Waals surface area (Å²) in [6.45, 7) is 4.54. The van der Waals surface area contributed by atoms with E-state index in [4.69, 9.17) is 14.2 Å². The van der Waals surface area contributed by atoms with E-state index in [1.807, 2.05) is 26.0 Å². The van der Waals surface area contributed by atoms with E-state index in [1.54, 1.807) is 37.5 Å². The smallest absolute Gasteiger partial charge is 0.248 e. The van der Waals surface area contributed by atoms with Crippen LogP contribution in [0, 0.1) is 0 Å². The van der Waals surface area contributed by atoms with Gasteiger partial charge in [-0.05, 0) is 56.3 Å². The second-order valence-electron chi connectivity index (χ2n) is 6.11. The monoisotopic (exact) mass is 353 g/mol. The Balaban J connectivity index is 1.74. The number of carbonyl (C=O) groups is 1. The summed E-state index contributed by atoms with van der Waals surface area (Å²) in [5.41, 5.74) is 2.67. The summed E-state index contributed by atoms with van der Waals surface area (Å²) in [4.78, 5) is 12.2. The minimum atomic E-state index is -0.215. The summed E-state index contributed by atoms with van der Waals surface area (Å²) in [6.07, 6.45) is 4.28. The van der Waals surface area contributed by atoms with Crippen LogP contribution in [0.4, 0.5) is 5.69 Å². The van der Waals surface area contributed by atoms with E-state index in [0.717, 1.165) is 34.8 Å². The van der Waals surface area contributed by atoms with Crippen LogP contribution in [0.2, 0.25) is 0 Å². The number of fused-ring (bicyclic) bond motifs is 1. The summed E-state index contributed by atoms with van der Waals surface area (Å²) in [5, 5.41) is 2.82. The minimum absolute atomic E-state index is 0.164. The van der Waals surface area contributed by atoms with Crippen LogP contribution in [0.1, 0.15) is 25.0 Å². The number of amides is 1. The highest BCUT2D eigenvalue weighted by atomic mass is 16.5. The van der Waals surface area contributed by atoms with Gasteiger partial charge in [0.15, 0.2) is 0 Å². The van der Waals surface area contributed by atoms with Crippen molar-refractivity contribution in [1.29, 1.82) is 0 Å². The largest absolute Gasteiger partial charge is 0.497 e. The number of carbonyl (C=O) groups excluding carboxylic acids is 1. The quantitative estimate of drug-likeness (QED) is 0.796. The van der Waals surface area contributed by atoms with Crippen LogP contribution in [0.5, 0.6) is 17.2 Å². The van der Waals surface area contributed by atoms with Crippen molar-refractivity contribution >= 4 is 17.7 Å². The molecule has 3 rings (SSSR count). The summed E-state index contributed by atoms with van der Waals surface area (Å²) in [6, 6.07) is 11.1. The van der Waals surface area contributed by atoms with Crippen molar-refractivity contribution in [3.05, 3.63) is 53.6 Å². The highest BCUT2D eigenvalue weighted by Gasteiger charge is 2.21. The highest BCUT2D eigenvalue weighted by Crippen LogP contribution is 2.35. The average Bonchev–Trinajstić information content (AvgIpc) is 2.99. The standard InChI is InChI=1S/C21H23NO4/c1-4-25-19-13-16-11-14(2)26-20(16)12-15(19)5-10-21(23)22-17-6-8-18(24-3)9-7-17/h5-10,12-14H,4,11H2,1-3H3,(H,22,23). The number of nitrogens with one attached hydrogen (secondary N) is 1. The molecule has 1 aliphatic heterocycles. The summed E-state index contributed by atoms with van der Waals surface area (Å²) < 4.78 is 16.6. The second-order valence-corrected chi connectivity index (χ2v) is 6.11. The third kappa shape index (κ3) is 4.17. The molecule has 0 fully saturated rings. The molecule has 5 nitrogen and oxygen atoms in total. The van der Waals surface area contributed by atoms with Gasteiger partial charge in [0.25, 0.3) is 0 Å². The first-order chi connectivity index (χ1) is 12.6. The van der Waals surface area contributed by atoms with Crippen LogP contribution in [-0.4, -0.2) is 25.7 Å². The molecule has 0 radical (unpaired) electrons. The molecular weight excluding hydrogens is 330 g/mol. The zero-order valence-corrected chi connectivity index (χ0v) is 15.2. The third-order valence-electron chi connectivity index (χ3n) is 4.10. The van der Waals surface area contributed by atoms with E-state index < -0.39 is 0 Å². The van der Waals surface area contributed by atoms with Crippen molar-refractivity contribution < 1.29 is 19.0 Å². The Morgan fingerprint density at radius 3 is 2.77 bits per heavy atom. The van der Waals surface area contributed by atoms with Gasteiger partial charge in [0.1, 0.15) is 23.4 Å². The molecule has 0 saturated heterocycles. The zero-order chi connectivity index (χ0) is 18.5. The Kier molecular flexibility index (Phi) is 5.46. The van der Waals surface area contributed by atoms with Gasteiger partial charge < -0.3 is 19.5 Å². The fourth-order valence-electron chi connectivity index (χ4n) is 2.89. The molecule has 2 aromatic rings. The third-order valence-corrected chi connectivity index (χ3v) is 4.10. The second kappa shape index (κ2) is 7.95. The van der Waals surface area contributed by atoms with Gasteiger partial charge in [-0.3, -0.25) is 4.79 Å². The lowest BCUT2D eigenvalue weighted by Crippen LogP contribution is -2.07. The summed E-state index contributed by atoms with van der Waals surface area (Å²) >= 11 is 0. The van der Waals surface area contributed by atoms with Gasteiger partial charge >= 0.3 is 0 Å². The maximum atomic E-state index is 12.2. The van der Waals surface area contributed by atoms with E-state index in [1.165, 1.54) is 6.08 Å². The first kappa shape index (κ1) is 17.9. The van der Waals surface area contributed by atoms with Gasteiger partial charge in [0.2, 0.25) is 5.91 Å². The maximum absolute atomic E-state index is 12.2. The number of hydrogen-bond acceptors (Lipinski definition) is 4. The molecule has 1 N–H and O–H groups in total. The van der Waals surface area contributed by atoms with Crippen molar-refractivity contribution in [2.24, 2.45) is 0 Å². The fraction of sp³-hybridized carbons (Fsp3) is 0.286. The number of rotatable bonds is 6. The van der Waals surface area contributed by atoms with Crippen molar-refractivity contribution in [3.8, 4) is 17.2 Å². The van der Waals surface area contributed by atoms with Crippen molar-refractivity contribution in [2.45, 2.75) is 26.4 Å². The van der Waals surface area contributed by atoms with Crippen LogP contribution in [0.3, 0.4) is 0 Å². The lowest BCUT2D eigenvalue weighted by Gasteiger charge is -2.10. The lowest BCUT2D eigenvalue weighted by molar-refractivity contribution is -0.111. The van der Waals surface area contributed by atoms with Crippen molar-refractivity contribution in [1.82, 2.24) is 0 Å². The summed E-state index contributed by atoms with van der Waals surface area (Å²) in [7, 11) is 1.60. The predicted molar refractivity (Wildman–Crippen MR) is 102 cm³/mol. The van der Waals surface area contributed by atoms with E-state index in [-0.39, 0.29) is 12.0 Å². The topological polar surface area (TPSA) is 56.8 Å². The molecule has 1 unspecified atom stereocenters. The molecule has 1 heterocycles. The number of benzene rings is 2. The normalized spacial score (nSPS) is 15.4. The van der Waals surface area contributed by atoms with Gasteiger partial charge in [0.05, 0.1) is 13.7 Å². The first-order valence-electron chi connectivity index (χ1n) is 8.68. The predicted octanol–water partition coefficient (Wildman–Crippen LogP) is 4.07. The molecule has 1 aliphatic rings. The highest BCUT2D eigenvalue weighted by molar-refractivity contribution is 6.02. The Hall–Kier alpha value is -2.95. The maximum Gasteiger partial charge on any atom is 0.248 e. The van der Waals surface area contributed by atoms with Crippen LogP contribution in [0.15, 0.2) is 42.5 Å². The van der Waals surface area contributed by atoms with E-state index >= 15 is 0 Å². The Morgan fingerprint density at radius 2 is 2.08 bits per heavy atom. The molecule has 0 aliphatic carbocycles. The van der Waals surface area contributed by atoms with Gasteiger partial charge in [-0.25, -0.2) is 0 Å². The Morgan fingerprint density at radius 1 is 1.31 bits per heavy atom. The van der Waals surface area contributed by atoms with E-state index in [0.29, 0.717) is 12.3 Å². The Labute approximate surface area is 153 Å². The van der Waals surface area contributed by atoms with Crippen LogP contribution in [-0.2, 0) is 11.2 Å². The lowest BCUT2D eigenvalue weighted by atomic mass is 10.1. The molecule has 0 aromatic heterocycles. The van der Waals surface area contributed by atoms with Crippen molar-refractivity contribution in [2.75, 3.05) is 19.0 Å². The molecule has 0 bridgehead atoms. The van der Waals surface area contributed by atoms with Gasteiger partial charge in [-0.15, -0.1) is 0 Å². The molecule has 26 heavy (non-hydrogen) atoms. The summed E-state index contributed by atoms with van der Waals surface area (Å²) in [5.74, 6) is 2.15. The number of ether oxygens (including phenoxy) is 3. The molecule has 5 heteroatoms. The van der Waals surface area contributed by atoms with Crippen molar-refractivity contribution in [3.63, 3.8) is 0 Å². The fourth-order valence-corrected chi connectivity index (χ4v) is 2.89. The number of anilines is 1. The van der Waals surface area contributed by atoms with E-state index in [2.05, 4.69) is 5.32 Å². The molecule has 1 atom stereocenters. The SMILES string of the molecule is CCOc1cc2c(cc1C=CC(=O)Nc1ccc(OC)cc1)OC(C)C2. The molecule has 2 aromatic carbocycles.